The number of aromatic nitrogens is 3. The van der Waals surface area contributed by atoms with Gasteiger partial charge in [-0.05, 0) is 62.9 Å². The minimum Gasteiger partial charge on any atom is -0.464 e. The third-order valence-corrected chi connectivity index (χ3v) is 11.7. The van der Waals surface area contributed by atoms with E-state index in [0.29, 0.717) is 43.9 Å². The second-order valence-electron chi connectivity index (χ2n) is 15.4. The smallest absolute Gasteiger partial charge is 0.324 e. The number of thiazole rings is 1. The molecule has 4 atom stereocenters. The predicted octanol–water partition coefficient (Wildman–Crippen LogP) is 4.68. The van der Waals surface area contributed by atoms with Crippen LogP contribution in [0.3, 0.4) is 0 Å². The molecular formula is C40H49N7O6S. The molecule has 0 spiro atoms. The molecule has 7 rings (SSSR count). The number of benzene rings is 1. The summed E-state index contributed by atoms with van der Waals surface area (Å²) in [7, 11) is 3.36. The predicted molar refractivity (Wildman–Crippen MR) is 205 cm³/mol. The van der Waals surface area contributed by atoms with E-state index >= 15 is 0 Å². The quantitative estimate of drug-likeness (QED) is 0.268. The van der Waals surface area contributed by atoms with Gasteiger partial charge in [0, 0.05) is 85.7 Å². The van der Waals surface area contributed by atoms with Crippen LogP contribution in [0.1, 0.15) is 69.3 Å². The maximum atomic E-state index is 14.1. The summed E-state index contributed by atoms with van der Waals surface area (Å²) < 4.78 is 14.1. The van der Waals surface area contributed by atoms with E-state index in [1.54, 1.807) is 20.4 Å². The van der Waals surface area contributed by atoms with Crippen LogP contribution in [0.5, 0.6) is 0 Å². The van der Waals surface area contributed by atoms with Gasteiger partial charge in [-0.25, -0.2) is 10.4 Å². The molecule has 54 heavy (non-hydrogen) atoms. The minimum absolute atomic E-state index is 0.0936. The summed E-state index contributed by atoms with van der Waals surface area (Å²) >= 11 is 1.43. The van der Waals surface area contributed by atoms with Crippen LogP contribution in [0.25, 0.3) is 33.4 Å². The van der Waals surface area contributed by atoms with Crippen molar-refractivity contribution in [3.63, 3.8) is 0 Å². The van der Waals surface area contributed by atoms with Crippen molar-refractivity contribution in [2.75, 3.05) is 33.9 Å². The zero-order valence-electron chi connectivity index (χ0n) is 31.8. The summed E-state index contributed by atoms with van der Waals surface area (Å²) in [6.45, 7) is 9.87. The number of rotatable bonds is 6. The highest BCUT2D eigenvalue weighted by molar-refractivity contribution is 7.10. The molecule has 0 unspecified atom stereocenters. The number of amides is 3. The van der Waals surface area contributed by atoms with Crippen molar-refractivity contribution >= 4 is 45.9 Å². The molecule has 0 radical (unpaired) electrons. The van der Waals surface area contributed by atoms with Crippen LogP contribution in [0.2, 0.25) is 0 Å². The average molecular weight is 756 g/mol. The van der Waals surface area contributed by atoms with Gasteiger partial charge < -0.3 is 24.3 Å². The van der Waals surface area contributed by atoms with Gasteiger partial charge >= 0.3 is 5.97 Å². The molecule has 13 nitrogen and oxygen atoms in total. The van der Waals surface area contributed by atoms with Crippen molar-refractivity contribution in [3.8, 4) is 22.5 Å². The first-order valence-corrected chi connectivity index (χ1v) is 19.6. The van der Waals surface area contributed by atoms with Crippen molar-refractivity contribution in [2.24, 2.45) is 11.3 Å². The maximum absolute atomic E-state index is 14.1. The van der Waals surface area contributed by atoms with E-state index in [2.05, 4.69) is 60.3 Å². The number of cyclic esters (lactones) is 1. The van der Waals surface area contributed by atoms with Gasteiger partial charge in [-0.15, -0.1) is 11.3 Å². The highest BCUT2D eigenvalue weighted by atomic mass is 32.1. The molecule has 6 heterocycles. The van der Waals surface area contributed by atoms with Crippen molar-refractivity contribution < 1.29 is 28.7 Å². The topological polar surface area (TPSA) is 148 Å². The molecule has 6 bridgehead atoms. The van der Waals surface area contributed by atoms with E-state index in [-0.39, 0.29) is 43.3 Å². The minimum atomic E-state index is -0.962. The van der Waals surface area contributed by atoms with Crippen LogP contribution in [0.4, 0.5) is 0 Å². The number of carbonyl (C=O) groups excluding carboxylic acids is 4. The SMILES string of the molecule is CCn1c(-c2cccnc2[C@H](C)OC)c2c3cc(ccc31)-c1csc(n1)C[C@H](NC(=O)[C@H]1CC(=O)N(C)C1)C(=O)N1CCC[C@H](N1)C(=O)OCC(C)(C)C2. The Bertz CT molecular complexity index is 2090. The molecule has 4 aromatic rings. The van der Waals surface area contributed by atoms with E-state index < -0.39 is 29.4 Å². The van der Waals surface area contributed by atoms with Crippen molar-refractivity contribution in [1.29, 1.82) is 0 Å². The van der Waals surface area contributed by atoms with E-state index in [0.717, 1.165) is 44.7 Å². The summed E-state index contributed by atoms with van der Waals surface area (Å²) in [6, 6.07) is 8.75. The fraction of sp³-hybridized carbons (Fsp3) is 0.500. The van der Waals surface area contributed by atoms with Crippen LogP contribution in [-0.4, -0.2) is 94.1 Å². The van der Waals surface area contributed by atoms with Crippen molar-refractivity contribution in [2.45, 2.75) is 84.5 Å². The Hall–Kier alpha value is -4.66. The van der Waals surface area contributed by atoms with Crippen LogP contribution >= 0.6 is 11.3 Å². The van der Waals surface area contributed by atoms with Gasteiger partial charge in [-0.2, -0.15) is 0 Å². The molecule has 0 aliphatic carbocycles. The molecular weight excluding hydrogens is 707 g/mol. The number of hydrogen-bond acceptors (Lipinski definition) is 10. The largest absolute Gasteiger partial charge is 0.464 e. The molecule has 2 N–H and O–H groups in total. The molecule has 3 aliphatic rings. The molecule has 1 aromatic carbocycles. The third-order valence-electron chi connectivity index (χ3n) is 10.9. The van der Waals surface area contributed by atoms with Gasteiger partial charge in [0.2, 0.25) is 11.8 Å². The highest BCUT2D eigenvalue weighted by Crippen LogP contribution is 2.42. The lowest BCUT2D eigenvalue weighted by Crippen LogP contribution is -2.60. The first-order chi connectivity index (χ1) is 25.9. The average Bonchev–Trinajstić information content (AvgIpc) is 3.87. The number of fused-ring (bicyclic) bond motifs is 6. The van der Waals surface area contributed by atoms with Gasteiger partial charge in [0.05, 0.1) is 40.7 Å². The molecule has 0 saturated carbocycles. The number of nitrogens with zero attached hydrogens (tertiary/aromatic N) is 5. The standard InChI is InChI=1S/C40H49N7O6S/c1-7-46-32-13-12-24-16-27(32)28(36(46)26-10-8-14-41-35(26)23(2)52-6)19-40(3,4)22-53-39(51)29-11-9-15-47(44-29)38(50)30(18-33-42-31(24)21-54-33)43-37(49)25-17-34(48)45(5)20-25/h8,10,12-14,16,21,23,25,29-30,44H,7,9,11,15,17-20,22H2,1-6H3,(H,43,49)/t23-,25-,29-,30-/m0/s1. The number of carbonyl (C=O) groups is 4. The van der Waals surface area contributed by atoms with E-state index in [4.69, 9.17) is 19.4 Å². The van der Waals surface area contributed by atoms with Crippen LogP contribution in [-0.2, 0) is 48.0 Å². The lowest BCUT2D eigenvalue weighted by atomic mass is 9.84. The van der Waals surface area contributed by atoms with E-state index in [9.17, 15) is 19.2 Å². The lowest BCUT2D eigenvalue weighted by molar-refractivity contribution is -0.155. The van der Waals surface area contributed by atoms with Gasteiger partial charge in [-0.3, -0.25) is 29.2 Å². The summed E-state index contributed by atoms with van der Waals surface area (Å²) in [5.41, 5.74) is 9.42. The van der Waals surface area contributed by atoms with Gasteiger partial charge in [-0.1, -0.05) is 19.9 Å². The summed E-state index contributed by atoms with van der Waals surface area (Å²) in [5, 5.41) is 8.12. The molecule has 3 aromatic heterocycles. The monoisotopic (exact) mass is 755 g/mol. The number of nitrogens with one attached hydrogen (secondary N) is 2. The normalized spacial score (nSPS) is 22.6. The number of aryl methyl sites for hydroxylation is 1. The number of ether oxygens (including phenoxy) is 2. The van der Waals surface area contributed by atoms with Crippen molar-refractivity contribution in [1.82, 2.24) is 35.2 Å². The second-order valence-corrected chi connectivity index (χ2v) is 16.4. The third kappa shape index (κ3) is 7.38. The van der Waals surface area contributed by atoms with Gasteiger partial charge in [0.1, 0.15) is 12.1 Å². The summed E-state index contributed by atoms with van der Waals surface area (Å²) in [5.74, 6) is -1.82. The highest BCUT2D eigenvalue weighted by Gasteiger charge is 2.38. The zero-order chi connectivity index (χ0) is 38.3. The van der Waals surface area contributed by atoms with Crippen LogP contribution < -0.4 is 10.7 Å². The maximum Gasteiger partial charge on any atom is 0.324 e. The van der Waals surface area contributed by atoms with E-state index in [1.165, 1.54) is 21.2 Å². The zero-order valence-corrected chi connectivity index (χ0v) is 32.6. The van der Waals surface area contributed by atoms with Crippen LogP contribution in [0.15, 0.2) is 41.9 Å². The molecule has 3 amide bonds. The number of pyridine rings is 1. The summed E-state index contributed by atoms with van der Waals surface area (Å²) in [4.78, 5) is 64.8. The Balaban J connectivity index is 1.33. The Kier molecular flexibility index (Phi) is 10.6. The fourth-order valence-electron chi connectivity index (χ4n) is 7.89. The molecule has 286 valence electrons. The molecule has 2 fully saturated rings. The number of esters is 1. The summed E-state index contributed by atoms with van der Waals surface area (Å²) in [6.07, 6.45) is 3.49. The van der Waals surface area contributed by atoms with Crippen LogP contribution in [0, 0.1) is 11.3 Å². The Morgan fingerprint density at radius 2 is 2.02 bits per heavy atom. The number of hydrogen-bond donors (Lipinski definition) is 2. The molecule has 14 heteroatoms. The first-order valence-electron chi connectivity index (χ1n) is 18.7. The number of hydrazine groups is 1. The molecule has 2 saturated heterocycles. The van der Waals surface area contributed by atoms with Gasteiger partial charge in [0.15, 0.2) is 0 Å². The Morgan fingerprint density at radius 1 is 1.20 bits per heavy atom. The number of likely N-dealkylation sites (tertiary alicyclic amines) is 1. The Labute approximate surface area is 319 Å². The first kappa shape index (κ1) is 37.6. The number of methoxy groups -OCH3 is 1. The van der Waals surface area contributed by atoms with Gasteiger partial charge in [0.25, 0.3) is 5.91 Å². The lowest BCUT2D eigenvalue weighted by Gasteiger charge is -2.35. The van der Waals surface area contributed by atoms with Crippen molar-refractivity contribution in [3.05, 3.63) is 58.2 Å². The fourth-order valence-corrected chi connectivity index (χ4v) is 8.74. The Morgan fingerprint density at radius 3 is 2.76 bits per heavy atom. The van der Waals surface area contributed by atoms with E-state index in [1.807, 2.05) is 18.4 Å². The molecule has 3 aliphatic heterocycles. The second kappa shape index (κ2) is 15.2.